The van der Waals surface area contributed by atoms with E-state index in [1.807, 2.05) is 0 Å². The van der Waals surface area contributed by atoms with Crippen LogP contribution in [0.4, 0.5) is 10.1 Å². The summed E-state index contributed by atoms with van der Waals surface area (Å²) in [5.41, 5.74) is 0.417. The quantitative estimate of drug-likeness (QED) is 0.629. The lowest BCUT2D eigenvalue weighted by Gasteiger charge is -2.23. The van der Waals surface area contributed by atoms with E-state index in [0.717, 1.165) is 0 Å². The zero-order valence-electron chi connectivity index (χ0n) is 16.4. The number of nitrogens with one attached hydrogen (secondary N) is 1. The number of rotatable bonds is 6. The van der Waals surface area contributed by atoms with Crippen LogP contribution in [0, 0.1) is 5.82 Å². The summed E-state index contributed by atoms with van der Waals surface area (Å²) < 4.78 is 45.6. The van der Waals surface area contributed by atoms with E-state index >= 15 is 0 Å². The van der Waals surface area contributed by atoms with Crippen LogP contribution in [0.1, 0.15) is 12.8 Å². The number of aromatic nitrogens is 1. The van der Waals surface area contributed by atoms with Gasteiger partial charge in [-0.25, -0.2) is 17.8 Å². The molecule has 2 heterocycles. The summed E-state index contributed by atoms with van der Waals surface area (Å²) in [5, 5.41) is 2.72. The molecule has 1 aromatic heterocycles. The highest BCUT2D eigenvalue weighted by Gasteiger charge is 2.39. The molecule has 1 saturated heterocycles. The third-order valence-electron chi connectivity index (χ3n) is 4.90. The number of pyridine rings is 1. The highest BCUT2D eigenvalue weighted by molar-refractivity contribution is 7.89. The normalized spacial score (nSPS) is 16.7. The Morgan fingerprint density at radius 2 is 1.81 bits per heavy atom. The number of sulfonamides is 1. The van der Waals surface area contributed by atoms with Crippen molar-refractivity contribution in [2.24, 2.45) is 0 Å². The topological polar surface area (TPSA) is 88.6 Å². The smallest absolute Gasteiger partial charge is 0.243 e. The number of carbonyl (C=O) groups excluding carboxylic acids is 1. The Morgan fingerprint density at radius 1 is 1.06 bits per heavy atom. The number of anilines is 1. The van der Waals surface area contributed by atoms with E-state index in [1.165, 1.54) is 46.9 Å². The van der Waals surface area contributed by atoms with Crippen LogP contribution in [0.25, 0.3) is 0 Å². The minimum absolute atomic E-state index is 0.165. The molecule has 1 unspecified atom stereocenters. The Morgan fingerprint density at radius 3 is 2.48 bits per heavy atom. The fourth-order valence-electron chi connectivity index (χ4n) is 3.38. The van der Waals surface area contributed by atoms with Crippen molar-refractivity contribution in [2.75, 3.05) is 11.9 Å². The molecule has 7 nitrogen and oxygen atoms in total. The summed E-state index contributed by atoms with van der Waals surface area (Å²) in [6.07, 6.45) is 2.46. The molecular weight excluding hydrogens is 421 g/mol. The van der Waals surface area contributed by atoms with Crippen molar-refractivity contribution >= 4 is 21.6 Å². The number of hydrogen-bond donors (Lipinski definition) is 1. The van der Waals surface area contributed by atoms with Crippen LogP contribution >= 0.6 is 0 Å². The van der Waals surface area contributed by atoms with E-state index < -0.39 is 22.0 Å². The van der Waals surface area contributed by atoms with Gasteiger partial charge in [0.2, 0.25) is 21.8 Å². The molecule has 0 radical (unpaired) electrons. The lowest BCUT2D eigenvalue weighted by atomic mass is 10.2. The predicted octanol–water partition coefficient (Wildman–Crippen LogP) is 3.80. The van der Waals surface area contributed by atoms with Gasteiger partial charge >= 0.3 is 0 Å². The fraction of sp³-hybridized carbons (Fsp3) is 0.182. The maximum Gasteiger partial charge on any atom is 0.243 e. The summed E-state index contributed by atoms with van der Waals surface area (Å²) in [7, 11) is -3.76. The molecule has 1 N–H and O–H groups in total. The van der Waals surface area contributed by atoms with Crippen molar-refractivity contribution in [3.63, 3.8) is 0 Å². The van der Waals surface area contributed by atoms with Gasteiger partial charge < -0.3 is 10.1 Å². The molecule has 0 saturated carbocycles. The van der Waals surface area contributed by atoms with Crippen LogP contribution in [-0.4, -0.2) is 36.2 Å². The summed E-state index contributed by atoms with van der Waals surface area (Å²) in [6.45, 7) is 0.290. The number of nitrogens with zero attached hydrogens (tertiary/aromatic N) is 2. The Balaban J connectivity index is 1.43. The highest BCUT2D eigenvalue weighted by Crippen LogP contribution is 2.27. The van der Waals surface area contributed by atoms with Gasteiger partial charge in [-0.05, 0) is 55.3 Å². The lowest BCUT2D eigenvalue weighted by Crippen LogP contribution is -2.43. The molecule has 160 valence electrons. The van der Waals surface area contributed by atoms with Crippen LogP contribution in [0.3, 0.4) is 0 Å². The third kappa shape index (κ3) is 4.73. The van der Waals surface area contributed by atoms with E-state index in [2.05, 4.69) is 10.3 Å². The molecule has 0 aliphatic carbocycles. The van der Waals surface area contributed by atoms with Gasteiger partial charge in [0.05, 0.1) is 16.8 Å². The first-order valence-corrected chi connectivity index (χ1v) is 11.1. The Labute approximate surface area is 179 Å². The van der Waals surface area contributed by atoms with Crippen molar-refractivity contribution in [1.29, 1.82) is 0 Å². The van der Waals surface area contributed by atoms with E-state index in [9.17, 15) is 17.6 Å². The Bertz CT molecular complexity index is 1150. The van der Waals surface area contributed by atoms with Crippen molar-refractivity contribution in [3.05, 3.63) is 78.7 Å². The van der Waals surface area contributed by atoms with E-state index in [1.54, 1.807) is 30.3 Å². The van der Waals surface area contributed by atoms with E-state index in [4.69, 9.17) is 4.74 Å². The van der Waals surface area contributed by atoms with Gasteiger partial charge in [0, 0.05) is 12.6 Å². The van der Waals surface area contributed by atoms with Gasteiger partial charge in [-0.1, -0.05) is 18.2 Å². The fourth-order valence-corrected chi connectivity index (χ4v) is 5.06. The van der Waals surface area contributed by atoms with E-state index in [0.29, 0.717) is 24.3 Å². The van der Waals surface area contributed by atoms with Crippen LogP contribution in [0.2, 0.25) is 0 Å². The van der Waals surface area contributed by atoms with Gasteiger partial charge in [0.15, 0.2) is 0 Å². The Hall–Kier alpha value is -3.30. The molecular formula is C22H20FN3O4S. The average Bonchev–Trinajstić information content (AvgIpc) is 3.28. The lowest BCUT2D eigenvalue weighted by molar-refractivity contribution is -0.119. The maximum absolute atomic E-state index is 13.0. The second-order valence-corrected chi connectivity index (χ2v) is 8.91. The molecule has 1 aliphatic heterocycles. The van der Waals surface area contributed by atoms with Gasteiger partial charge in [0.1, 0.15) is 17.6 Å². The largest absolute Gasteiger partial charge is 0.439 e. The van der Waals surface area contributed by atoms with Gasteiger partial charge in [-0.3, -0.25) is 4.79 Å². The molecule has 1 amide bonds. The van der Waals surface area contributed by atoms with Gasteiger partial charge in [-0.15, -0.1) is 0 Å². The third-order valence-corrected chi connectivity index (χ3v) is 6.82. The molecule has 2 aromatic carbocycles. The first kappa shape index (κ1) is 21.0. The maximum atomic E-state index is 13.0. The zero-order chi connectivity index (χ0) is 21.8. The molecule has 4 rings (SSSR count). The van der Waals surface area contributed by atoms with Gasteiger partial charge in [-0.2, -0.15) is 4.31 Å². The second-order valence-electron chi connectivity index (χ2n) is 7.02. The average molecular weight is 441 g/mol. The van der Waals surface area contributed by atoms with Crippen LogP contribution < -0.4 is 10.1 Å². The number of halogens is 1. The zero-order valence-corrected chi connectivity index (χ0v) is 17.3. The van der Waals surface area contributed by atoms with Crippen molar-refractivity contribution in [2.45, 2.75) is 23.8 Å². The molecule has 9 heteroatoms. The molecule has 1 fully saturated rings. The van der Waals surface area contributed by atoms with Crippen LogP contribution in [0.5, 0.6) is 11.6 Å². The minimum atomic E-state index is -3.76. The first-order chi connectivity index (χ1) is 14.9. The van der Waals surface area contributed by atoms with Crippen LogP contribution in [-0.2, 0) is 14.8 Å². The van der Waals surface area contributed by atoms with Crippen molar-refractivity contribution in [3.8, 4) is 11.6 Å². The number of amides is 1. The summed E-state index contributed by atoms with van der Waals surface area (Å²) in [4.78, 5) is 17.1. The van der Waals surface area contributed by atoms with Crippen molar-refractivity contribution in [1.82, 2.24) is 9.29 Å². The minimum Gasteiger partial charge on any atom is -0.439 e. The summed E-state index contributed by atoms with van der Waals surface area (Å²) in [5.74, 6) is -0.0724. The molecule has 0 bridgehead atoms. The number of carbonyl (C=O) groups is 1. The SMILES string of the molecule is O=C(Nc1ccc(Oc2ccc(F)cc2)nc1)C1CCCN1S(=O)(=O)c1ccccc1. The summed E-state index contributed by atoms with van der Waals surface area (Å²) >= 11 is 0. The predicted molar refractivity (Wildman–Crippen MR) is 113 cm³/mol. The van der Waals surface area contributed by atoms with Crippen molar-refractivity contribution < 1.29 is 22.3 Å². The van der Waals surface area contributed by atoms with Gasteiger partial charge in [0.25, 0.3) is 0 Å². The first-order valence-electron chi connectivity index (χ1n) is 9.71. The number of hydrogen-bond acceptors (Lipinski definition) is 5. The van der Waals surface area contributed by atoms with Crippen LogP contribution in [0.15, 0.2) is 77.8 Å². The molecule has 0 spiro atoms. The van der Waals surface area contributed by atoms with E-state index in [-0.39, 0.29) is 23.1 Å². The molecule has 3 aromatic rings. The highest BCUT2D eigenvalue weighted by atomic mass is 32.2. The molecule has 1 atom stereocenters. The summed E-state index contributed by atoms with van der Waals surface area (Å²) in [6, 6.07) is 16.0. The number of benzene rings is 2. The molecule has 1 aliphatic rings. The Kier molecular flexibility index (Phi) is 5.97. The second kappa shape index (κ2) is 8.83. The molecule has 31 heavy (non-hydrogen) atoms. The monoisotopic (exact) mass is 441 g/mol. The standard InChI is InChI=1S/C22H20FN3O4S/c23-16-8-11-18(12-9-16)30-21-13-10-17(15-24-21)25-22(27)20-7-4-14-26(20)31(28,29)19-5-2-1-3-6-19/h1-3,5-6,8-13,15,20H,4,7,14H2,(H,25,27). The number of ether oxygens (including phenoxy) is 1.